The third-order valence-corrected chi connectivity index (χ3v) is 1.42. The molecule has 0 saturated carbocycles. The highest BCUT2D eigenvalue weighted by Gasteiger charge is 2.05. The summed E-state index contributed by atoms with van der Waals surface area (Å²) in [5.41, 5.74) is 0.747. The van der Waals surface area contributed by atoms with E-state index in [2.05, 4.69) is 0 Å². The van der Waals surface area contributed by atoms with Gasteiger partial charge in [-0.2, -0.15) is 0 Å². The van der Waals surface area contributed by atoms with Crippen molar-refractivity contribution in [3.8, 4) is 0 Å². The molecule has 1 aromatic rings. The van der Waals surface area contributed by atoms with Gasteiger partial charge in [-0.1, -0.05) is 0 Å². The quantitative estimate of drug-likeness (QED) is 0.718. The molecular weight excluding hydrogens is 174 g/mol. The summed E-state index contributed by atoms with van der Waals surface area (Å²) in [4.78, 5) is 21.1. The zero-order valence-electron chi connectivity index (χ0n) is 6.82. The Kier molecular flexibility index (Phi) is 3.08. The largest absolute Gasteiger partial charge is 0.472 e. The van der Waals surface area contributed by atoms with Crippen LogP contribution in [-0.2, 0) is 11.2 Å². The molecule has 2 N–H and O–H groups in total. The average molecular weight is 183 g/mol. The highest BCUT2D eigenvalue weighted by molar-refractivity contribution is 5.85. The number of carbonyl (C=O) groups excluding carboxylic acids is 1. The molecule has 0 unspecified atom stereocenters. The number of ketones is 1. The summed E-state index contributed by atoms with van der Waals surface area (Å²) in [7, 11) is 0. The van der Waals surface area contributed by atoms with Gasteiger partial charge in [-0.25, -0.2) is 4.79 Å². The van der Waals surface area contributed by atoms with E-state index < -0.39 is 6.09 Å². The van der Waals surface area contributed by atoms with E-state index in [1.54, 1.807) is 6.07 Å². The van der Waals surface area contributed by atoms with Gasteiger partial charge in [-0.15, -0.1) is 0 Å². The number of hydrogen-bond acceptors (Lipinski definition) is 3. The maximum absolute atomic E-state index is 11.0. The van der Waals surface area contributed by atoms with Crippen LogP contribution < -0.4 is 5.32 Å². The fourth-order valence-corrected chi connectivity index (χ4v) is 0.858. The molecule has 5 heteroatoms. The molecule has 0 radical (unpaired) electrons. The summed E-state index contributed by atoms with van der Waals surface area (Å²) in [6.07, 6.45) is 1.92. The number of furan rings is 1. The molecular formula is C8H9NO4. The van der Waals surface area contributed by atoms with Gasteiger partial charge in [0.1, 0.15) is 0 Å². The van der Waals surface area contributed by atoms with Crippen LogP contribution in [0.5, 0.6) is 0 Å². The first-order valence-electron chi connectivity index (χ1n) is 3.68. The average Bonchev–Trinajstić information content (AvgIpc) is 2.53. The minimum atomic E-state index is -1.19. The van der Waals surface area contributed by atoms with Crippen LogP contribution in [0.15, 0.2) is 23.0 Å². The molecule has 0 saturated heterocycles. The molecule has 70 valence electrons. The number of Topliss-reactive ketones (excluding diaryl/α,β-unsaturated/α-hetero) is 1. The van der Waals surface area contributed by atoms with Gasteiger partial charge < -0.3 is 14.8 Å². The van der Waals surface area contributed by atoms with Crippen LogP contribution in [0.3, 0.4) is 0 Å². The molecule has 0 bridgehead atoms. The maximum Gasteiger partial charge on any atom is 0.405 e. The molecule has 0 aromatic carbocycles. The van der Waals surface area contributed by atoms with E-state index in [1.807, 2.05) is 5.32 Å². The Bertz CT molecular complexity index is 291. The van der Waals surface area contributed by atoms with Crippen molar-refractivity contribution in [2.24, 2.45) is 0 Å². The predicted molar refractivity (Wildman–Crippen MR) is 43.4 cm³/mol. The Labute approximate surface area is 74.4 Å². The van der Waals surface area contributed by atoms with Crippen LogP contribution in [0.1, 0.15) is 5.56 Å². The van der Waals surface area contributed by atoms with Gasteiger partial charge in [-0.05, 0) is 11.6 Å². The Balaban J connectivity index is 2.30. The molecule has 0 atom stereocenters. The van der Waals surface area contributed by atoms with E-state index in [9.17, 15) is 9.59 Å². The molecule has 0 fully saturated rings. The topological polar surface area (TPSA) is 79.5 Å². The SMILES string of the molecule is O=C(CNC(=O)O)Cc1ccoc1. The summed E-state index contributed by atoms with van der Waals surface area (Å²) in [5, 5.41) is 10.2. The van der Waals surface area contributed by atoms with Gasteiger partial charge in [0, 0.05) is 6.42 Å². The molecule has 1 aromatic heterocycles. The second kappa shape index (κ2) is 4.30. The summed E-state index contributed by atoms with van der Waals surface area (Å²) in [6.45, 7) is -0.166. The van der Waals surface area contributed by atoms with Crippen molar-refractivity contribution in [2.75, 3.05) is 6.54 Å². The monoisotopic (exact) mass is 183 g/mol. The van der Waals surface area contributed by atoms with Gasteiger partial charge in [0.25, 0.3) is 0 Å². The lowest BCUT2D eigenvalue weighted by Gasteiger charge is -1.97. The summed E-state index contributed by atoms with van der Waals surface area (Å²) in [5.74, 6) is -0.191. The van der Waals surface area contributed by atoms with Crippen LogP contribution >= 0.6 is 0 Å². The minimum Gasteiger partial charge on any atom is -0.472 e. The van der Waals surface area contributed by atoms with Gasteiger partial charge >= 0.3 is 6.09 Å². The lowest BCUT2D eigenvalue weighted by atomic mass is 10.2. The van der Waals surface area contributed by atoms with Gasteiger partial charge in [0.15, 0.2) is 5.78 Å². The summed E-state index contributed by atoms with van der Waals surface area (Å²) in [6, 6.07) is 1.67. The van der Waals surface area contributed by atoms with Crippen molar-refractivity contribution in [3.63, 3.8) is 0 Å². The van der Waals surface area contributed by atoms with Gasteiger partial charge in [0.05, 0.1) is 19.1 Å². The van der Waals surface area contributed by atoms with Crippen LogP contribution in [0.25, 0.3) is 0 Å². The van der Waals surface area contributed by atoms with Crippen molar-refractivity contribution in [1.29, 1.82) is 0 Å². The van der Waals surface area contributed by atoms with Crippen LogP contribution in [0.4, 0.5) is 4.79 Å². The first kappa shape index (κ1) is 9.31. The van der Waals surface area contributed by atoms with Crippen LogP contribution in [-0.4, -0.2) is 23.5 Å². The molecule has 0 aliphatic heterocycles. The lowest BCUT2D eigenvalue weighted by Crippen LogP contribution is -2.28. The number of rotatable bonds is 4. The Morgan fingerprint density at radius 2 is 2.31 bits per heavy atom. The van der Waals surface area contributed by atoms with E-state index in [4.69, 9.17) is 9.52 Å². The zero-order chi connectivity index (χ0) is 9.68. The Hall–Kier alpha value is -1.78. The minimum absolute atomic E-state index is 0.166. The first-order chi connectivity index (χ1) is 6.18. The molecule has 1 heterocycles. The maximum atomic E-state index is 11.0. The molecule has 0 aliphatic rings. The summed E-state index contributed by atoms with van der Waals surface area (Å²) >= 11 is 0. The summed E-state index contributed by atoms with van der Waals surface area (Å²) < 4.78 is 4.75. The number of amides is 1. The van der Waals surface area contributed by atoms with Crippen LogP contribution in [0.2, 0.25) is 0 Å². The van der Waals surface area contributed by atoms with Gasteiger partial charge in [0.2, 0.25) is 0 Å². The van der Waals surface area contributed by atoms with E-state index >= 15 is 0 Å². The van der Waals surface area contributed by atoms with Gasteiger partial charge in [-0.3, -0.25) is 4.79 Å². The van der Waals surface area contributed by atoms with E-state index in [-0.39, 0.29) is 18.7 Å². The van der Waals surface area contributed by atoms with Crippen molar-refractivity contribution in [2.45, 2.75) is 6.42 Å². The Morgan fingerprint density at radius 1 is 1.54 bits per heavy atom. The van der Waals surface area contributed by atoms with E-state index in [0.717, 1.165) is 5.56 Å². The normalized spacial score (nSPS) is 9.54. The Morgan fingerprint density at radius 3 is 2.85 bits per heavy atom. The van der Waals surface area contributed by atoms with Crippen molar-refractivity contribution >= 4 is 11.9 Å². The van der Waals surface area contributed by atoms with Crippen LogP contribution in [0, 0.1) is 0 Å². The first-order valence-corrected chi connectivity index (χ1v) is 3.68. The zero-order valence-corrected chi connectivity index (χ0v) is 6.82. The number of nitrogens with one attached hydrogen (secondary N) is 1. The van der Waals surface area contributed by atoms with Crippen molar-refractivity contribution < 1.29 is 19.1 Å². The molecule has 0 spiro atoms. The second-order valence-corrected chi connectivity index (χ2v) is 2.51. The van der Waals surface area contributed by atoms with E-state index in [1.165, 1.54) is 12.5 Å². The molecule has 5 nitrogen and oxygen atoms in total. The fraction of sp³-hybridized carbons (Fsp3) is 0.250. The number of hydrogen-bond donors (Lipinski definition) is 2. The standard InChI is InChI=1S/C8H9NO4/c10-7(4-9-8(11)12)3-6-1-2-13-5-6/h1-2,5,9H,3-4H2,(H,11,12). The molecule has 1 rings (SSSR count). The van der Waals surface area contributed by atoms with E-state index in [0.29, 0.717) is 0 Å². The third kappa shape index (κ3) is 3.42. The molecule has 1 amide bonds. The third-order valence-electron chi connectivity index (χ3n) is 1.42. The lowest BCUT2D eigenvalue weighted by molar-refractivity contribution is -0.117. The molecule has 13 heavy (non-hydrogen) atoms. The highest BCUT2D eigenvalue weighted by Crippen LogP contribution is 2.00. The van der Waals surface area contributed by atoms with Crippen molar-refractivity contribution in [1.82, 2.24) is 5.32 Å². The fourth-order valence-electron chi connectivity index (χ4n) is 0.858. The second-order valence-electron chi connectivity index (χ2n) is 2.51. The highest BCUT2D eigenvalue weighted by atomic mass is 16.4. The molecule has 0 aliphatic carbocycles. The number of carbonyl (C=O) groups is 2. The smallest absolute Gasteiger partial charge is 0.405 e. The number of carboxylic acid groups (broad SMARTS) is 1. The van der Waals surface area contributed by atoms with Crippen molar-refractivity contribution in [3.05, 3.63) is 24.2 Å². The predicted octanol–water partition coefficient (Wildman–Crippen LogP) is 0.659.